The lowest BCUT2D eigenvalue weighted by Crippen LogP contribution is -3.00. The maximum Gasteiger partial charge on any atom is 0.0970 e. The van der Waals surface area contributed by atoms with Crippen LogP contribution < -0.4 is 23.3 Å². The van der Waals surface area contributed by atoms with Crippen LogP contribution in [0.3, 0.4) is 0 Å². The van der Waals surface area contributed by atoms with Gasteiger partial charge in [-0.05, 0) is 18.9 Å². The monoisotopic (exact) mass is 228 g/mol. The predicted octanol–water partition coefficient (Wildman–Crippen LogP) is -1.90. The first kappa shape index (κ1) is 14.4. The molecule has 1 atom stereocenters. The molecule has 1 rings (SSSR count). The van der Waals surface area contributed by atoms with Gasteiger partial charge in [-0.2, -0.15) is 5.43 Å². The summed E-state index contributed by atoms with van der Waals surface area (Å²) in [4.78, 5) is 0. The third-order valence-electron chi connectivity index (χ3n) is 2.43. The number of nitrogens with one attached hydrogen (secondary N) is 1. The molecule has 15 heavy (non-hydrogen) atoms. The zero-order chi connectivity index (χ0) is 10.2. The fraction of sp³-hybridized carbons (Fsp3) is 0.500. The smallest absolute Gasteiger partial charge is 0.0970 e. The average molecular weight is 229 g/mol. The van der Waals surface area contributed by atoms with Crippen LogP contribution in [0.15, 0.2) is 30.3 Å². The molecule has 0 bridgehead atoms. The summed E-state index contributed by atoms with van der Waals surface area (Å²) < 4.78 is 0. The number of hydrogen-bond donors (Lipinski definition) is 2. The topological polar surface area (TPSA) is 28.6 Å². The van der Waals surface area contributed by atoms with Gasteiger partial charge in [0.15, 0.2) is 0 Å². The largest absolute Gasteiger partial charge is 1.00 e. The Kier molecular flexibility index (Phi) is 8.38. The lowest BCUT2D eigenvalue weighted by molar-refractivity contribution is -0.715. The first-order valence-corrected chi connectivity index (χ1v) is 5.44. The SMILES string of the molecule is CCC(C)N[NH2+]CCc1ccccc1.[Cl-]. The minimum absolute atomic E-state index is 0. The van der Waals surface area contributed by atoms with Crippen molar-refractivity contribution in [3.8, 4) is 0 Å². The van der Waals surface area contributed by atoms with Crippen LogP contribution in [-0.2, 0) is 6.42 Å². The number of halogens is 1. The molecule has 2 nitrogen and oxygen atoms in total. The Morgan fingerprint density at radius 2 is 1.93 bits per heavy atom. The first-order valence-electron chi connectivity index (χ1n) is 5.44. The zero-order valence-electron chi connectivity index (χ0n) is 9.54. The van der Waals surface area contributed by atoms with E-state index in [2.05, 4.69) is 55.0 Å². The van der Waals surface area contributed by atoms with Gasteiger partial charge in [-0.25, -0.2) is 0 Å². The molecular weight excluding hydrogens is 208 g/mol. The number of hydrogen-bond acceptors (Lipinski definition) is 1. The van der Waals surface area contributed by atoms with Crippen molar-refractivity contribution in [2.75, 3.05) is 6.54 Å². The summed E-state index contributed by atoms with van der Waals surface area (Å²) in [5, 5.41) is 0. The van der Waals surface area contributed by atoms with E-state index in [9.17, 15) is 0 Å². The zero-order valence-corrected chi connectivity index (χ0v) is 10.3. The first-order chi connectivity index (χ1) is 6.83. The lowest BCUT2D eigenvalue weighted by atomic mass is 10.2. The van der Waals surface area contributed by atoms with Crippen molar-refractivity contribution >= 4 is 0 Å². The molecule has 3 N–H and O–H groups in total. The van der Waals surface area contributed by atoms with Crippen LogP contribution in [0, 0.1) is 0 Å². The third kappa shape index (κ3) is 6.50. The van der Waals surface area contributed by atoms with E-state index in [0.29, 0.717) is 6.04 Å². The van der Waals surface area contributed by atoms with Crippen LogP contribution in [0.4, 0.5) is 0 Å². The predicted molar refractivity (Wildman–Crippen MR) is 59.8 cm³/mol. The molecule has 3 heteroatoms. The molecule has 0 aromatic heterocycles. The van der Waals surface area contributed by atoms with Gasteiger partial charge < -0.3 is 12.4 Å². The maximum atomic E-state index is 3.38. The second kappa shape index (κ2) is 8.72. The van der Waals surface area contributed by atoms with Gasteiger partial charge in [0, 0.05) is 6.42 Å². The molecule has 0 radical (unpaired) electrons. The van der Waals surface area contributed by atoms with Gasteiger partial charge >= 0.3 is 0 Å². The number of rotatable bonds is 6. The van der Waals surface area contributed by atoms with E-state index in [1.807, 2.05) is 0 Å². The third-order valence-corrected chi connectivity index (χ3v) is 2.43. The molecule has 1 aromatic rings. The van der Waals surface area contributed by atoms with E-state index < -0.39 is 0 Å². The number of benzene rings is 1. The molecule has 86 valence electrons. The van der Waals surface area contributed by atoms with E-state index in [1.165, 1.54) is 12.0 Å². The van der Waals surface area contributed by atoms with Gasteiger partial charge in [-0.1, -0.05) is 37.3 Å². The Morgan fingerprint density at radius 1 is 1.27 bits per heavy atom. The molecule has 0 spiro atoms. The lowest BCUT2D eigenvalue weighted by Gasteiger charge is -2.08. The minimum Gasteiger partial charge on any atom is -1.00 e. The second-order valence-electron chi connectivity index (χ2n) is 3.70. The minimum atomic E-state index is 0. The highest BCUT2D eigenvalue weighted by molar-refractivity contribution is 5.14. The summed E-state index contributed by atoms with van der Waals surface area (Å²) in [5.41, 5.74) is 6.97. The van der Waals surface area contributed by atoms with Crippen molar-refractivity contribution in [3.05, 3.63) is 35.9 Å². The van der Waals surface area contributed by atoms with Crippen molar-refractivity contribution in [1.29, 1.82) is 0 Å². The summed E-state index contributed by atoms with van der Waals surface area (Å²) in [6.45, 7) is 5.51. The molecular formula is C12H21ClN2. The Hall–Kier alpha value is -0.570. The molecule has 0 amide bonds. The van der Waals surface area contributed by atoms with Crippen molar-refractivity contribution in [1.82, 2.24) is 5.43 Å². The van der Waals surface area contributed by atoms with E-state index >= 15 is 0 Å². The highest BCUT2D eigenvalue weighted by atomic mass is 35.5. The molecule has 1 aromatic carbocycles. The van der Waals surface area contributed by atoms with Gasteiger partial charge in [0.1, 0.15) is 0 Å². The van der Waals surface area contributed by atoms with E-state index in [1.54, 1.807) is 0 Å². The van der Waals surface area contributed by atoms with Gasteiger partial charge in [0.2, 0.25) is 0 Å². The highest BCUT2D eigenvalue weighted by Gasteiger charge is 1.98. The Balaban J connectivity index is 0.00000196. The van der Waals surface area contributed by atoms with Crippen LogP contribution in [0.25, 0.3) is 0 Å². The van der Waals surface area contributed by atoms with Crippen LogP contribution >= 0.6 is 0 Å². The standard InChI is InChI=1S/C12H20N2.ClH/c1-3-11(2)14-13-10-9-12-7-5-4-6-8-12;/h4-8,11,13-14H,3,9-10H2,1-2H3;1H. The summed E-state index contributed by atoms with van der Waals surface area (Å²) >= 11 is 0. The van der Waals surface area contributed by atoms with E-state index in [0.717, 1.165) is 13.0 Å². The highest BCUT2D eigenvalue weighted by Crippen LogP contribution is 1.96. The summed E-state index contributed by atoms with van der Waals surface area (Å²) in [7, 11) is 0. The fourth-order valence-electron chi connectivity index (χ4n) is 1.29. The maximum absolute atomic E-state index is 3.38. The van der Waals surface area contributed by atoms with Gasteiger partial charge in [0.05, 0.1) is 12.6 Å². The van der Waals surface area contributed by atoms with Crippen LogP contribution in [0.5, 0.6) is 0 Å². The molecule has 0 heterocycles. The molecule has 0 saturated heterocycles. The fourth-order valence-corrected chi connectivity index (χ4v) is 1.29. The Labute approximate surface area is 98.8 Å². The Morgan fingerprint density at radius 3 is 2.53 bits per heavy atom. The number of nitrogens with two attached hydrogens (primary N) is 1. The summed E-state index contributed by atoms with van der Waals surface area (Å²) in [5.74, 6) is 0. The molecule has 0 saturated carbocycles. The van der Waals surface area contributed by atoms with Crippen molar-refractivity contribution < 1.29 is 17.8 Å². The summed E-state index contributed by atoms with van der Waals surface area (Å²) in [6.07, 6.45) is 2.31. The van der Waals surface area contributed by atoms with Crippen LogP contribution in [0.1, 0.15) is 25.8 Å². The van der Waals surface area contributed by atoms with Crippen molar-refractivity contribution in [2.45, 2.75) is 32.7 Å². The molecule has 0 fully saturated rings. The van der Waals surface area contributed by atoms with Gasteiger partial charge in [-0.3, -0.25) is 5.43 Å². The van der Waals surface area contributed by atoms with Crippen LogP contribution in [0.2, 0.25) is 0 Å². The van der Waals surface area contributed by atoms with Gasteiger partial charge in [-0.15, -0.1) is 0 Å². The second-order valence-corrected chi connectivity index (χ2v) is 3.70. The van der Waals surface area contributed by atoms with Crippen molar-refractivity contribution in [2.24, 2.45) is 0 Å². The molecule has 0 aliphatic carbocycles. The molecule has 1 unspecified atom stereocenters. The number of quaternary nitrogens is 1. The molecule has 0 aliphatic rings. The van der Waals surface area contributed by atoms with Crippen LogP contribution in [-0.4, -0.2) is 12.6 Å². The average Bonchev–Trinajstić information content (AvgIpc) is 2.25. The van der Waals surface area contributed by atoms with E-state index in [-0.39, 0.29) is 12.4 Å². The molecule has 0 aliphatic heterocycles. The van der Waals surface area contributed by atoms with E-state index in [4.69, 9.17) is 0 Å². The Bertz CT molecular complexity index is 239. The normalized spacial score (nSPS) is 11.9. The summed E-state index contributed by atoms with van der Waals surface area (Å²) in [6, 6.07) is 11.2. The van der Waals surface area contributed by atoms with Crippen molar-refractivity contribution in [3.63, 3.8) is 0 Å². The van der Waals surface area contributed by atoms with Gasteiger partial charge in [0.25, 0.3) is 0 Å². The quantitative estimate of drug-likeness (QED) is 0.333.